The molecule has 6 heteroatoms. The van der Waals surface area contributed by atoms with Crippen molar-refractivity contribution in [3.8, 4) is 11.4 Å². The van der Waals surface area contributed by atoms with Crippen molar-refractivity contribution in [2.24, 2.45) is 0 Å². The molecular weight excluding hydrogens is 308 g/mol. The van der Waals surface area contributed by atoms with E-state index in [1.165, 1.54) is 11.3 Å². The maximum absolute atomic E-state index is 5.29. The molecule has 23 heavy (non-hydrogen) atoms. The third kappa shape index (κ3) is 2.58. The van der Waals surface area contributed by atoms with E-state index in [0.717, 1.165) is 41.9 Å². The Morgan fingerprint density at radius 1 is 1.26 bits per heavy atom. The molecule has 0 N–H and O–H groups in total. The molecule has 3 aromatic rings. The van der Waals surface area contributed by atoms with E-state index in [1.54, 1.807) is 19.1 Å². The van der Waals surface area contributed by atoms with Gasteiger partial charge in [0.2, 0.25) is 0 Å². The highest BCUT2D eigenvalue weighted by Gasteiger charge is 2.20. The molecule has 0 amide bonds. The zero-order valence-corrected chi connectivity index (χ0v) is 14.0. The second kappa shape index (κ2) is 5.86. The van der Waals surface area contributed by atoms with E-state index in [2.05, 4.69) is 21.7 Å². The van der Waals surface area contributed by atoms with Gasteiger partial charge >= 0.3 is 0 Å². The van der Waals surface area contributed by atoms with Crippen LogP contribution in [0.15, 0.2) is 36.7 Å². The van der Waals surface area contributed by atoms with Crippen LogP contribution in [0.1, 0.15) is 11.3 Å². The van der Waals surface area contributed by atoms with Gasteiger partial charge in [-0.25, -0.2) is 8.99 Å². The molecule has 5 nitrogen and oxygen atoms in total. The molecule has 1 aliphatic rings. The van der Waals surface area contributed by atoms with Crippen molar-refractivity contribution in [1.29, 1.82) is 0 Å². The molecule has 0 radical (unpaired) electrons. The molecule has 0 aliphatic carbocycles. The van der Waals surface area contributed by atoms with Crippen molar-refractivity contribution < 1.29 is 4.74 Å². The first kappa shape index (κ1) is 14.5. The molecule has 0 bridgehead atoms. The van der Waals surface area contributed by atoms with Crippen LogP contribution in [0.3, 0.4) is 0 Å². The summed E-state index contributed by atoms with van der Waals surface area (Å²) in [6, 6.07) is 7.98. The number of nitrogens with zero attached hydrogens (tertiary/aromatic N) is 4. The molecular formula is C17H18N4OS. The normalized spacial score (nSPS) is 14.9. The number of hydrogen-bond acceptors (Lipinski definition) is 5. The molecule has 2 aromatic heterocycles. The van der Waals surface area contributed by atoms with Crippen LogP contribution in [-0.4, -0.2) is 39.0 Å². The third-order valence-electron chi connectivity index (χ3n) is 4.25. The number of methoxy groups -OCH3 is 1. The summed E-state index contributed by atoms with van der Waals surface area (Å²) in [5.74, 6) is 0.817. The Hall–Kier alpha value is -2.05. The van der Waals surface area contributed by atoms with Crippen LogP contribution in [0.5, 0.6) is 5.75 Å². The van der Waals surface area contributed by atoms with Crippen LogP contribution in [0.2, 0.25) is 0 Å². The number of ether oxygens (including phenoxy) is 1. The Balaban J connectivity index is 1.79. The van der Waals surface area contributed by atoms with Gasteiger partial charge in [-0.2, -0.15) is 5.10 Å². The lowest BCUT2D eigenvalue weighted by Crippen LogP contribution is -2.23. The fraction of sp³-hybridized carbons (Fsp3) is 0.294. The van der Waals surface area contributed by atoms with Gasteiger partial charge in [0.1, 0.15) is 5.75 Å². The molecule has 0 atom stereocenters. The highest BCUT2D eigenvalue weighted by atomic mass is 32.2. The number of rotatable bonds is 3. The lowest BCUT2D eigenvalue weighted by molar-refractivity contribution is 0.415. The second-order valence-corrected chi connectivity index (χ2v) is 6.44. The Morgan fingerprint density at radius 3 is 3.00 bits per heavy atom. The average molecular weight is 326 g/mol. The van der Waals surface area contributed by atoms with Crippen LogP contribution in [0.4, 0.5) is 0 Å². The van der Waals surface area contributed by atoms with E-state index >= 15 is 0 Å². The highest BCUT2D eigenvalue weighted by molar-refractivity contribution is 7.96. The maximum atomic E-state index is 5.29. The topological polar surface area (TPSA) is 43.2 Å². The van der Waals surface area contributed by atoms with E-state index in [4.69, 9.17) is 9.84 Å². The van der Waals surface area contributed by atoms with Gasteiger partial charge in [-0.1, -0.05) is 11.9 Å². The van der Waals surface area contributed by atoms with Crippen LogP contribution < -0.4 is 4.74 Å². The average Bonchev–Trinajstić information content (AvgIpc) is 3.03. The Morgan fingerprint density at radius 2 is 2.17 bits per heavy atom. The summed E-state index contributed by atoms with van der Waals surface area (Å²) in [7, 11) is 1.67. The molecule has 3 heterocycles. The molecule has 118 valence electrons. The van der Waals surface area contributed by atoms with E-state index < -0.39 is 0 Å². The van der Waals surface area contributed by atoms with Gasteiger partial charge in [0, 0.05) is 48.9 Å². The minimum absolute atomic E-state index is 0.817. The number of aromatic nitrogens is 3. The monoisotopic (exact) mass is 326 g/mol. The lowest BCUT2D eigenvalue weighted by Gasteiger charge is -2.22. The SMILES string of the molecule is COc1ccc2c(-n3cc4c(n3)CCN(SC)C4)ccnc2c1. The predicted molar refractivity (Wildman–Crippen MR) is 93.0 cm³/mol. The van der Waals surface area contributed by atoms with Gasteiger partial charge in [-0.3, -0.25) is 4.98 Å². The molecule has 1 aromatic carbocycles. The van der Waals surface area contributed by atoms with Gasteiger partial charge < -0.3 is 4.74 Å². The molecule has 0 saturated heterocycles. The minimum atomic E-state index is 0.817. The number of hydrogen-bond donors (Lipinski definition) is 0. The van der Waals surface area contributed by atoms with E-state index in [0.29, 0.717) is 0 Å². The molecule has 1 aliphatic heterocycles. The third-order valence-corrected chi connectivity index (χ3v) is 5.08. The molecule has 0 fully saturated rings. The fourth-order valence-electron chi connectivity index (χ4n) is 3.01. The summed E-state index contributed by atoms with van der Waals surface area (Å²) < 4.78 is 9.64. The predicted octanol–water partition coefficient (Wildman–Crippen LogP) is 3.07. The molecule has 0 unspecified atom stereocenters. The maximum Gasteiger partial charge on any atom is 0.121 e. The Kier molecular flexibility index (Phi) is 3.71. The van der Waals surface area contributed by atoms with Crippen molar-refractivity contribution in [2.75, 3.05) is 19.9 Å². The van der Waals surface area contributed by atoms with Gasteiger partial charge in [0.25, 0.3) is 0 Å². The summed E-state index contributed by atoms with van der Waals surface area (Å²) >= 11 is 1.79. The molecule has 0 spiro atoms. The van der Waals surface area contributed by atoms with Crippen molar-refractivity contribution >= 4 is 22.9 Å². The van der Waals surface area contributed by atoms with Crippen molar-refractivity contribution in [1.82, 2.24) is 19.1 Å². The number of fused-ring (bicyclic) bond motifs is 2. The molecule has 0 saturated carbocycles. The lowest BCUT2D eigenvalue weighted by atomic mass is 10.1. The van der Waals surface area contributed by atoms with Gasteiger partial charge in [0.15, 0.2) is 0 Å². The first-order valence-electron chi connectivity index (χ1n) is 7.58. The summed E-state index contributed by atoms with van der Waals surface area (Å²) in [5.41, 5.74) is 4.49. The second-order valence-electron chi connectivity index (χ2n) is 5.55. The van der Waals surface area contributed by atoms with E-state index in [-0.39, 0.29) is 0 Å². The summed E-state index contributed by atoms with van der Waals surface area (Å²) in [4.78, 5) is 4.45. The summed E-state index contributed by atoms with van der Waals surface area (Å²) in [5, 5.41) is 5.88. The smallest absolute Gasteiger partial charge is 0.121 e. The Labute approximate surface area is 139 Å². The first-order chi connectivity index (χ1) is 11.3. The zero-order chi connectivity index (χ0) is 15.8. The first-order valence-corrected chi connectivity index (χ1v) is 8.76. The van der Waals surface area contributed by atoms with Crippen molar-refractivity contribution in [2.45, 2.75) is 13.0 Å². The van der Waals surface area contributed by atoms with Crippen LogP contribution in [-0.2, 0) is 13.0 Å². The van der Waals surface area contributed by atoms with Crippen LogP contribution in [0.25, 0.3) is 16.6 Å². The van der Waals surface area contributed by atoms with Gasteiger partial charge in [0.05, 0.1) is 24.0 Å². The quantitative estimate of drug-likeness (QED) is 0.692. The minimum Gasteiger partial charge on any atom is -0.497 e. The highest BCUT2D eigenvalue weighted by Crippen LogP contribution is 2.27. The van der Waals surface area contributed by atoms with Crippen LogP contribution >= 0.6 is 11.9 Å². The van der Waals surface area contributed by atoms with Crippen LogP contribution in [0, 0.1) is 0 Å². The van der Waals surface area contributed by atoms with E-state index in [1.807, 2.05) is 35.1 Å². The summed E-state index contributed by atoms with van der Waals surface area (Å²) in [6.45, 7) is 2.01. The van der Waals surface area contributed by atoms with Crippen molar-refractivity contribution in [3.63, 3.8) is 0 Å². The zero-order valence-electron chi connectivity index (χ0n) is 13.2. The van der Waals surface area contributed by atoms with Gasteiger partial charge in [-0.05, 0) is 24.5 Å². The Bertz CT molecular complexity index is 861. The standard InChI is InChI=1S/C17H18N4OS/c1-22-13-3-4-14-16(9-13)18-7-5-17(14)21-11-12-10-20(23-2)8-6-15(12)19-21/h3-5,7,9,11H,6,8,10H2,1-2H3. The molecule has 4 rings (SSSR count). The van der Waals surface area contributed by atoms with Crippen molar-refractivity contribution in [3.05, 3.63) is 47.9 Å². The number of benzene rings is 1. The van der Waals surface area contributed by atoms with Gasteiger partial charge in [-0.15, -0.1) is 0 Å². The largest absolute Gasteiger partial charge is 0.497 e. The fourth-order valence-corrected chi connectivity index (χ4v) is 3.55. The van der Waals surface area contributed by atoms with E-state index in [9.17, 15) is 0 Å². The number of pyridine rings is 1. The summed E-state index contributed by atoms with van der Waals surface area (Å²) in [6.07, 6.45) is 7.10.